The van der Waals surface area contributed by atoms with Crippen LogP contribution in [0.1, 0.15) is 23.9 Å². The lowest BCUT2D eigenvalue weighted by Crippen LogP contribution is -2.13. The predicted molar refractivity (Wildman–Crippen MR) is 113 cm³/mol. The minimum absolute atomic E-state index is 0.265. The molecule has 0 bridgehead atoms. The zero-order valence-corrected chi connectivity index (χ0v) is 17.4. The van der Waals surface area contributed by atoms with Gasteiger partial charge in [-0.05, 0) is 44.5 Å². The van der Waals surface area contributed by atoms with Gasteiger partial charge in [-0.3, -0.25) is 5.32 Å². The van der Waals surface area contributed by atoms with Gasteiger partial charge in [-0.1, -0.05) is 11.8 Å². The SMILES string of the molecule is CCOC(=O)Nc1ccc2c(CSc3nc4nc(C)cc(C)n4n3)cc(=O)oc2c1. The van der Waals surface area contributed by atoms with Gasteiger partial charge in [0.05, 0.1) is 6.61 Å². The third kappa shape index (κ3) is 4.13. The normalized spacial score (nSPS) is 11.2. The van der Waals surface area contributed by atoms with E-state index in [-0.39, 0.29) is 6.61 Å². The topological polar surface area (TPSA) is 112 Å². The lowest BCUT2D eigenvalue weighted by molar-refractivity contribution is 0.168. The lowest BCUT2D eigenvalue weighted by atomic mass is 10.1. The zero-order valence-electron chi connectivity index (χ0n) is 16.6. The smallest absolute Gasteiger partial charge is 0.411 e. The molecule has 0 aliphatic carbocycles. The first kappa shape index (κ1) is 19.9. The Hall–Kier alpha value is -3.40. The number of amides is 1. The summed E-state index contributed by atoms with van der Waals surface area (Å²) in [6.07, 6.45) is -0.567. The molecule has 4 rings (SSSR count). The molecule has 0 unspecified atom stereocenters. The Balaban J connectivity index is 1.60. The summed E-state index contributed by atoms with van der Waals surface area (Å²) in [5.41, 5.74) is 3.00. The fourth-order valence-electron chi connectivity index (χ4n) is 3.06. The highest BCUT2D eigenvalue weighted by molar-refractivity contribution is 7.98. The molecule has 0 fully saturated rings. The van der Waals surface area contributed by atoms with E-state index in [9.17, 15) is 9.59 Å². The number of hydrogen-bond acceptors (Lipinski definition) is 8. The number of ether oxygens (including phenoxy) is 1. The number of fused-ring (bicyclic) bond motifs is 2. The van der Waals surface area contributed by atoms with Crippen molar-refractivity contribution in [2.24, 2.45) is 0 Å². The van der Waals surface area contributed by atoms with Crippen LogP contribution in [0.15, 0.2) is 44.7 Å². The van der Waals surface area contributed by atoms with Crippen LogP contribution in [0.5, 0.6) is 0 Å². The summed E-state index contributed by atoms with van der Waals surface area (Å²) < 4.78 is 11.9. The number of thioether (sulfide) groups is 1. The number of carbonyl (C=O) groups excluding carboxylic acids is 1. The molecular weight excluding hydrogens is 406 g/mol. The van der Waals surface area contributed by atoms with Gasteiger partial charge >= 0.3 is 11.7 Å². The summed E-state index contributed by atoms with van der Waals surface area (Å²) in [5, 5.41) is 8.41. The summed E-state index contributed by atoms with van der Waals surface area (Å²) in [6, 6.07) is 8.51. The molecule has 154 valence electrons. The van der Waals surface area contributed by atoms with Crippen LogP contribution in [-0.2, 0) is 10.5 Å². The van der Waals surface area contributed by atoms with Crippen LogP contribution in [0, 0.1) is 13.8 Å². The molecule has 0 aliphatic heterocycles. The molecule has 30 heavy (non-hydrogen) atoms. The van der Waals surface area contributed by atoms with Crippen LogP contribution in [-0.4, -0.2) is 32.3 Å². The Morgan fingerprint density at radius 1 is 1.23 bits per heavy atom. The van der Waals surface area contributed by atoms with Gasteiger partial charge in [0.15, 0.2) is 0 Å². The van der Waals surface area contributed by atoms with E-state index < -0.39 is 11.7 Å². The van der Waals surface area contributed by atoms with E-state index in [1.54, 1.807) is 29.6 Å². The average Bonchev–Trinajstić information content (AvgIpc) is 3.09. The predicted octanol–water partition coefficient (Wildman–Crippen LogP) is 3.71. The van der Waals surface area contributed by atoms with Gasteiger partial charge in [-0.15, -0.1) is 5.10 Å². The van der Waals surface area contributed by atoms with Gasteiger partial charge in [0, 0.05) is 40.3 Å². The molecule has 9 nitrogen and oxygen atoms in total. The van der Waals surface area contributed by atoms with Crippen molar-refractivity contribution in [1.29, 1.82) is 0 Å². The monoisotopic (exact) mass is 425 g/mol. The van der Waals surface area contributed by atoms with Gasteiger partial charge in [-0.25, -0.2) is 19.1 Å². The minimum Gasteiger partial charge on any atom is -0.450 e. The highest BCUT2D eigenvalue weighted by Gasteiger charge is 2.12. The number of benzene rings is 1. The van der Waals surface area contributed by atoms with Gasteiger partial charge in [-0.2, -0.15) is 4.98 Å². The van der Waals surface area contributed by atoms with E-state index in [2.05, 4.69) is 20.4 Å². The van der Waals surface area contributed by atoms with Crippen molar-refractivity contribution in [2.45, 2.75) is 31.7 Å². The minimum atomic E-state index is -0.567. The Morgan fingerprint density at radius 3 is 2.87 bits per heavy atom. The Kier molecular flexibility index (Phi) is 5.40. The van der Waals surface area contributed by atoms with Crippen LogP contribution in [0.3, 0.4) is 0 Å². The van der Waals surface area contributed by atoms with Crippen molar-refractivity contribution in [3.05, 3.63) is 57.7 Å². The molecule has 1 aromatic carbocycles. The fourth-order valence-corrected chi connectivity index (χ4v) is 3.87. The number of aryl methyl sites for hydroxylation is 2. The molecule has 3 heterocycles. The maximum Gasteiger partial charge on any atom is 0.411 e. The second kappa shape index (κ2) is 8.15. The number of nitrogens with one attached hydrogen (secondary N) is 1. The van der Waals surface area contributed by atoms with Crippen LogP contribution < -0.4 is 10.9 Å². The van der Waals surface area contributed by atoms with Crippen LogP contribution >= 0.6 is 11.8 Å². The first-order valence-corrected chi connectivity index (χ1v) is 10.3. The highest BCUT2D eigenvalue weighted by atomic mass is 32.2. The van der Waals surface area contributed by atoms with Gasteiger partial charge < -0.3 is 9.15 Å². The number of aromatic nitrogens is 4. The first-order valence-electron chi connectivity index (χ1n) is 9.27. The molecule has 1 amide bonds. The van der Waals surface area contributed by atoms with Crippen molar-refractivity contribution in [3.8, 4) is 0 Å². The largest absolute Gasteiger partial charge is 0.450 e. The van der Waals surface area contributed by atoms with Crippen molar-refractivity contribution in [2.75, 3.05) is 11.9 Å². The van der Waals surface area contributed by atoms with E-state index in [0.29, 0.717) is 28.0 Å². The number of anilines is 1. The maximum absolute atomic E-state index is 12.0. The second-order valence-corrected chi connectivity index (χ2v) is 7.52. The van der Waals surface area contributed by atoms with Crippen molar-refractivity contribution in [3.63, 3.8) is 0 Å². The Labute approximate surface area is 175 Å². The molecule has 0 saturated carbocycles. The third-order valence-electron chi connectivity index (χ3n) is 4.31. The summed E-state index contributed by atoms with van der Waals surface area (Å²) >= 11 is 1.41. The fraction of sp³-hybridized carbons (Fsp3) is 0.250. The standard InChI is InChI=1S/C20H19N5O4S/c1-4-28-20(27)22-14-5-6-15-13(8-17(26)29-16(15)9-14)10-30-19-23-18-21-11(2)7-12(3)25(18)24-19/h5-9H,4,10H2,1-3H3,(H,22,27). The zero-order chi connectivity index (χ0) is 21.3. The summed E-state index contributed by atoms with van der Waals surface area (Å²) in [7, 11) is 0. The highest BCUT2D eigenvalue weighted by Crippen LogP contribution is 2.27. The van der Waals surface area contributed by atoms with Gasteiger partial charge in [0.25, 0.3) is 5.78 Å². The molecular formula is C20H19N5O4S. The molecule has 0 aliphatic rings. The van der Waals surface area contributed by atoms with E-state index >= 15 is 0 Å². The van der Waals surface area contributed by atoms with Gasteiger partial charge in [0.1, 0.15) is 5.58 Å². The van der Waals surface area contributed by atoms with E-state index in [1.165, 1.54) is 17.8 Å². The van der Waals surface area contributed by atoms with Crippen molar-refractivity contribution >= 4 is 40.3 Å². The molecule has 0 radical (unpaired) electrons. The summed E-state index contributed by atoms with van der Waals surface area (Å²) in [4.78, 5) is 32.5. The molecule has 4 aromatic rings. The molecule has 1 N–H and O–H groups in total. The first-order chi connectivity index (χ1) is 14.4. The number of rotatable bonds is 5. The quantitative estimate of drug-likeness (QED) is 0.380. The average molecular weight is 425 g/mol. The third-order valence-corrected chi connectivity index (χ3v) is 5.19. The molecule has 0 spiro atoms. The maximum atomic E-state index is 12.0. The number of carbonyl (C=O) groups is 1. The molecule has 10 heteroatoms. The van der Waals surface area contributed by atoms with Crippen LogP contribution in [0.2, 0.25) is 0 Å². The van der Waals surface area contributed by atoms with E-state index in [1.807, 2.05) is 19.9 Å². The van der Waals surface area contributed by atoms with Crippen molar-refractivity contribution < 1.29 is 13.9 Å². The number of hydrogen-bond donors (Lipinski definition) is 1. The van der Waals surface area contributed by atoms with Crippen LogP contribution in [0.4, 0.5) is 10.5 Å². The van der Waals surface area contributed by atoms with E-state index in [4.69, 9.17) is 9.15 Å². The number of nitrogens with zero attached hydrogens (tertiary/aromatic N) is 4. The van der Waals surface area contributed by atoms with Crippen molar-refractivity contribution in [1.82, 2.24) is 19.6 Å². The van der Waals surface area contributed by atoms with Gasteiger partial charge in [0.2, 0.25) is 5.16 Å². The Bertz CT molecular complexity index is 1310. The lowest BCUT2D eigenvalue weighted by Gasteiger charge is -2.08. The molecule has 0 atom stereocenters. The Morgan fingerprint density at radius 2 is 2.07 bits per heavy atom. The summed E-state index contributed by atoms with van der Waals surface area (Å²) in [6.45, 7) is 5.85. The molecule has 3 aromatic heterocycles. The summed E-state index contributed by atoms with van der Waals surface area (Å²) in [5.74, 6) is 1.02. The van der Waals surface area contributed by atoms with Crippen LogP contribution in [0.25, 0.3) is 16.7 Å². The van der Waals surface area contributed by atoms with E-state index in [0.717, 1.165) is 22.3 Å². The molecule has 0 saturated heterocycles. The second-order valence-electron chi connectivity index (χ2n) is 6.58.